The number of carboxylic acid groups (broad SMARTS) is 1. The van der Waals surface area contributed by atoms with E-state index in [0.29, 0.717) is 18.6 Å². The SMILES string of the molecule is CC(C)(C)OC(=O)NC(CCSC1CCCC(S(C)(=O)=O)C1)C(=O)O. The van der Waals surface area contributed by atoms with E-state index >= 15 is 0 Å². The number of hydrogen-bond donors (Lipinski definition) is 2. The second kappa shape index (κ2) is 9.12. The number of aliphatic carboxylic acids is 1. The summed E-state index contributed by atoms with van der Waals surface area (Å²) in [6.07, 6.45) is 3.91. The predicted octanol–water partition coefficient (Wildman–Crippen LogP) is 2.44. The summed E-state index contributed by atoms with van der Waals surface area (Å²) in [5, 5.41) is 11.5. The van der Waals surface area contributed by atoms with Crippen LogP contribution in [0.25, 0.3) is 0 Å². The average Bonchev–Trinajstić information content (AvgIpc) is 2.43. The molecule has 2 N–H and O–H groups in total. The Labute approximate surface area is 154 Å². The highest BCUT2D eigenvalue weighted by molar-refractivity contribution is 8.00. The highest BCUT2D eigenvalue weighted by Gasteiger charge is 2.29. The van der Waals surface area contributed by atoms with Crippen LogP contribution < -0.4 is 5.32 Å². The minimum Gasteiger partial charge on any atom is -0.480 e. The molecule has 1 fully saturated rings. The molecule has 7 nitrogen and oxygen atoms in total. The predicted molar refractivity (Wildman–Crippen MR) is 98.8 cm³/mol. The molecular weight excluding hydrogens is 366 g/mol. The zero-order chi connectivity index (χ0) is 19.3. The molecule has 0 saturated heterocycles. The lowest BCUT2D eigenvalue weighted by atomic mass is 10.00. The molecule has 0 heterocycles. The summed E-state index contributed by atoms with van der Waals surface area (Å²) < 4.78 is 28.5. The topological polar surface area (TPSA) is 110 Å². The van der Waals surface area contributed by atoms with E-state index in [2.05, 4.69) is 5.32 Å². The molecule has 1 rings (SSSR count). The zero-order valence-electron chi connectivity index (χ0n) is 15.3. The van der Waals surface area contributed by atoms with Crippen molar-refractivity contribution >= 4 is 33.7 Å². The molecule has 1 aliphatic carbocycles. The maximum Gasteiger partial charge on any atom is 0.408 e. The Kier molecular flexibility index (Phi) is 8.05. The van der Waals surface area contributed by atoms with Crippen molar-refractivity contribution in [3.8, 4) is 0 Å². The van der Waals surface area contributed by atoms with Gasteiger partial charge in [-0.05, 0) is 52.2 Å². The Morgan fingerprint density at radius 3 is 2.48 bits per heavy atom. The number of nitrogens with one attached hydrogen (secondary N) is 1. The first kappa shape index (κ1) is 22.1. The lowest BCUT2D eigenvalue weighted by Gasteiger charge is -2.28. The van der Waals surface area contributed by atoms with E-state index in [9.17, 15) is 23.1 Å². The second-order valence-corrected chi connectivity index (χ2v) is 11.2. The summed E-state index contributed by atoms with van der Waals surface area (Å²) >= 11 is 1.58. The Morgan fingerprint density at radius 2 is 1.96 bits per heavy atom. The number of carbonyl (C=O) groups excluding carboxylic acids is 1. The fraction of sp³-hybridized carbons (Fsp3) is 0.875. The van der Waals surface area contributed by atoms with Gasteiger partial charge in [0.25, 0.3) is 0 Å². The molecule has 0 aromatic carbocycles. The number of ether oxygens (including phenoxy) is 1. The normalized spacial score (nSPS) is 22.9. The average molecular weight is 396 g/mol. The molecule has 3 unspecified atom stereocenters. The van der Waals surface area contributed by atoms with Crippen LogP contribution >= 0.6 is 11.8 Å². The number of carbonyl (C=O) groups is 2. The fourth-order valence-electron chi connectivity index (χ4n) is 2.70. The highest BCUT2D eigenvalue weighted by Crippen LogP contribution is 2.32. The monoisotopic (exact) mass is 395 g/mol. The fourth-order valence-corrected chi connectivity index (χ4v) is 5.41. The number of thioether (sulfide) groups is 1. The number of alkyl carbamates (subject to hydrolysis) is 1. The quantitative estimate of drug-likeness (QED) is 0.681. The smallest absolute Gasteiger partial charge is 0.408 e. The van der Waals surface area contributed by atoms with E-state index in [-0.39, 0.29) is 16.9 Å². The number of amides is 1. The van der Waals surface area contributed by atoms with Gasteiger partial charge in [-0.2, -0.15) is 11.8 Å². The lowest BCUT2D eigenvalue weighted by molar-refractivity contribution is -0.139. The Balaban J connectivity index is 2.45. The van der Waals surface area contributed by atoms with Crippen LogP contribution in [0.1, 0.15) is 52.9 Å². The minimum absolute atomic E-state index is 0.212. The van der Waals surface area contributed by atoms with Crippen LogP contribution in [0.15, 0.2) is 0 Å². The molecule has 25 heavy (non-hydrogen) atoms. The van der Waals surface area contributed by atoms with Crippen LogP contribution in [-0.4, -0.2) is 59.7 Å². The molecule has 3 atom stereocenters. The van der Waals surface area contributed by atoms with Crippen molar-refractivity contribution in [2.24, 2.45) is 0 Å². The summed E-state index contributed by atoms with van der Waals surface area (Å²) in [5.41, 5.74) is -0.690. The van der Waals surface area contributed by atoms with Gasteiger partial charge in [0.1, 0.15) is 21.5 Å². The van der Waals surface area contributed by atoms with Gasteiger partial charge >= 0.3 is 12.1 Å². The summed E-state index contributed by atoms with van der Waals surface area (Å²) in [7, 11) is -3.03. The van der Waals surface area contributed by atoms with E-state index in [0.717, 1.165) is 12.8 Å². The maximum absolute atomic E-state index is 11.7. The van der Waals surface area contributed by atoms with Gasteiger partial charge in [0, 0.05) is 11.5 Å². The van der Waals surface area contributed by atoms with Crippen molar-refractivity contribution in [1.29, 1.82) is 0 Å². The molecule has 1 aliphatic rings. The highest BCUT2D eigenvalue weighted by atomic mass is 32.2. The molecule has 1 amide bonds. The molecular formula is C16H29NO6S2. The molecule has 1 saturated carbocycles. The molecule has 0 aromatic rings. The lowest BCUT2D eigenvalue weighted by Crippen LogP contribution is -2.43. The van der Waals surface area contributed by atoms with Gasteiger partial charge in [0.15, 0.2) is 0 Å². The van der Waals surface area contributed by atoms with Crippen molar-refractivity contribution in [3.63, 3.8) is 0 Å². The van der Waals surface area contributed by atoms with Gasteiger partial charge in [-0.3, -0.25) is 0 Å². The molecule has 0 aliphatic heterocycles. The Morgan fingerprint density at radius 1 is 1.32 bits per heavy atom. The van der Waals surface area contributed by atoms with Crippen LogP contribution in [0.3, 0.4) is 0 Å². The first-order valence-electron chi connectivity index (χ1n) is 8.41. The van der Waals surface area contributed by atoms with Crippen molar-refractivity contribution in [1.82, 2.24) is 5.32 Å². The largest absolute Gasteiger partial charge is 0.480 e. The molecule has 0 radical (unpaired) electrons. The van der Waals surface area contributed by atoms with Gasteiger partial charge < -0.3 is 15.2 Å². The van der Waals surface area contributed by atoms with Gasteiger partial charge in [0.2, 0.25) is 0 Å². The third kappa shape index (κ3) is 8.80. The van der Waals surface area contributed by atoms with Crippen LogP contribution in [-0.2, 0) is 19.4 Å². The van der Waals surface area contributed by atoms with E-state index in [1.165, 1.54) is 6.26 Å². The number of hydrogen-bond acceptors (Lipinski definition) is 6. The first-order chi connectivity index (χ1) is 11.4. The van der Waals surface area contributed by atoms with Gasteiger partial charge in [-0.25, -0.2) is 18.0 Å². The van der Waals surface area contributed by atoms with E-state index in [4.69, 9.17) is 4.74 Å². The van der Waals surface area contributed by atoms with Gasteiger partial charge in [-0.15, -0.1) is 0 Å². The molecule has 9 heteroatoms. The van der Waals surface area contributed by atoms with Crippen molar-refractivity contribution in [3.05, 3.63) is 0 Å². The first-order valence-corrected chi connectivity index (χ1v) is 11.4. The molecule has 0 aromatic heterocycles. The summed E-state index contributed by atoms with van der Waals surface area (Å²) in [6.45, 7) is 5.12. The minimum atomic E-state index is -3.03. The summed E-state index contributed by atoms with van der Waals surface area (Å²) in [6, 6.07) is -1.02. The van der Waals surface area contributed by atoms with E-state index in [1.54, 1.807) is 32.5 Å². The number of rotatable bonds is 7. The summed E-state index contributed by atoms with van der Waals surface area (Å²) in [5.74, 6) is -0.572. The van der Waals surface area contributed by atoms with Crippen LogP contribution in [0, 0.1) is 0 Å². The van der Waals surface area contributed by atoms with Crippen molar-refractivity contribution in [2.75, 3.05) is 12.0 Å². The third-order valence-corrected chi connectivity index (χ3v) is 6.94. The van der Waals surface area contributed by atoms with Crippen molar-refractivity contribution < 1.29 is 27.9 Å². The molecule has 0 bridgehead atoms. The number of carboxylic acids is 1. The standard InChI is InChI=1S/C16H29NO6S2/c1-16(2,3)23-15(20)17-13(14(18)19)8-9-24-11-6-5-7-12(10-11)25(4,21)22/h11-13H,5-10H2,1-4H3,(H,17,20)(H,18,19). The van der Waals surface area contributed by atoms with Crippen LogP contribution in [0.4, 0.5) is 4.79 Å². The second-order valence-electron chi connectivity index (χ2n) is 7.44. The maximum atomic E-state index is 11.7. The molecule has 0 spiro atoms. The molecule has 146 valence electrons. The number of sulfone groups is 1. The van der Waals surface area contributed by atoms with Crippen LogP contribution in [0.5, 0.6) is 0 Å². The van der Waals surface area contributed by atoms with Gasteiger partial charge in [0.05, 0.1) is 5.25 Å². The summed E-state index contributed by atoms with van der Waals surface area (Å²) in [4.78, 5) is 23.0. The Bertz CT molecular complexity index is 570. The van der Waals surface area contributed by atoms with Crippen LogP contribution in [0.2, 0.25) is 0 Å². The Hall–Kier alpha value is -0.960. The van der Waals surface area contributed by atoms with Gasteiger partial charge in [-0.1, -0.05) is 6.42 Å². The van der Waals surface area contributed by atoms with Crippen molar-refractivity contribution in [2.45, 2.75) is 75.0 Å². The zero-order valence-corrected chi connectivity index (χ0v) is 16.9. The third-order valence-electron chi connectivity index (χ3n) is 3.93. The van der Waals surface area contributed by atoms with E-state index in [1.807, 2.05) is 0 Å². The van der Waals surface area contributed by atoms with E-state index < -0.39 is 33.5 Å².